The van der Waals surface area contributed by atoms with Crippen molar-refractivity contribution in [3.63, 3.8) is 0 Å². The van der Waals surface area contributed by atoms with Gasteiger partial charge in [0.25, 0.3) is 0 Å². The van der Waals surface area contributed by atoms with Crippen LogP contribution in [0.5, 0.6) is 11.6 Å². The van der Waals surface area contributed by atoms with Crippen molar-refractivity contribution >= 4 is 17.7 Å². The first-order valence-corrected chi connectivity index (χ1v) is 14.3. The number of ether oxygens (including phenoxy) is 2. The molecule has 0 amide bonds. The van der Waals surface area contributed by atoms with Gasteiger partial charge >= 0.3 is 5.97 Å². The summed E-state index contributed by atoms with van der Waals surface area (Å²) in [6.07, 6.45) is 4.48. The molecule has 4 aromatic rings. The molecule has 202 valence electrons. The molecule has 0 saturated carbocycles. The van der Waals surface area contributed by atoms with Crippen molar-refractivity contribution in [2.75, 3.05) is 32.2 Å². The Balaban J connectivity index is 1.38. The number of nitrogens with zero attached hydrogens (tertiary/aromatic N) is 4. The Morgan fingerprint density at radius 2 is 1.97 bits per heavy atom. The third kappa shape index (κ3) is 5.79. The van der Waals surface area contributed by atoms with Gasteiger partial charge in [0.15, 0.2) is 5.82 Å². The quantitative estimate of drug-likeness (QED) is 0.290. The van der Waals surface area contributed by atoms with Gasteiger partial charge in [0, 0.05) is 31.0 Å². The highest BCUT2D eigenvalue weighted by Crippen LogP contribution is 2.34. The zero-order valence-corrected chi connectivity index (χ0v) is 23.2. The zero-order valence-electron chi connectivity index (χ0n) is 22.4. The lowest BCUT2D eigenvalue weighted by Crippen LogP contribution is -2.32. The number of methoxy groups -OCH3 is 1. The summed E-state index contributed by atoms with van der Waals surface area (Å²) in [4.78, 5) is 18.8. The van der Waals surface area contributed by atoms with E-state index in [9.17, 15) is 9.90 Å². The Bertz CT molecular complexity index is 1490. The van der Waals surface area contributed by atoms with Crippen molar-refractivity contribution in [3.05, 3.63) is 88.6 Å². The number of pyridine rings is 1. The van der Waals surface area contributed by atoms with Gasteiger partial charge in [-0.15, -0.1) is 0 Å². The molecule has 5 rings (SSSR count). The van der Waals surface area contributed by atoms with Crippen molar-refractivity contribution < 1.29 is 19.4 Å². The van der Waals surface area contributed by atoms with Crippen LogP contribution in [0.4, 0.5) is 0 Å². The number of carboxylic acid groups (broad SMARTS) is 1. The standard InChI is InChI=1S/C30H32N4O4S/c1-20-6-4-7-24(26-8-5-9-27(32-26)34-29(37-2)25(17-31-34)30(35)36)28(20)38-19-21-10-11-23-18-33(14-15-39-3)13-12-22(23)16-21/h4-11,16-17H,12-15,18-19H2,1-3H3,(H,35,36). The zero-order chi connectivity index (χ0) is 27.4. The Hall–Kier alpha value is -3.82. The van der Waals surface area contributed by atoms with Crippen LogP contribution in [0.2, 0.25) is 0 Å². The SMILES string of the molecule is COc1c(C(=O)O)cnn1-c1cccc(-c2cccc(C)c2OCc2ccc3c(c2)CCN(CCSC)C3)n1. The van der Waals surface area contributed by atoms with Crippen LogP contribution in [-0.2, 0) is 19.6 Å². The molecule has 0 spiro atoms. The van der Waals surface area contributed by atoms with Gasteiger partial charge in [-0.3, -0.25) is 4.90 Å². The molecule has 0 fully saturated rings. The topological polar surface area (TPSA) is 89.7 Å². The molecule has 3 heterocycles. The number of aromatic carboxylic acids is 1. The first-order chi connectivity index (χ1) is 19.0. The molecule has 0 bridgehead atoms. The van der Waals surface area contributed by atoms with Crippen LogP contribution in [-0.4, -0.2) is 62.9 Å². The lowest BCUT2D eigenvalue weighted by atomic mass is 9.97. The smallest absolute Gasteiger partial charge is 0.342 e. The van der Waals surface area contributed by atoms with Crippen LogP contribution in [0, 0.1) is 6.92 Å². The normalized spacial score (nSPS) is 13.2. The van der Waals surface area contributed by atoms with Gasteiger partial charge in [-0.25, -0.2) is 9.78 Å². The Morgan fingerprint density at radius 1 is 1.13 bits per heavy atom. The van der Waals surface area contributed by atoms with Gasteiger partial charge in [0.05, 0.1) is 19.0 Å². The van der Waals surface area contributed by atoms with Crippen LogP contribution in [0.25, 0.3) is 17.1 Å². The molecule has 1 N–H and O–H groups in total. The average molecular weight is 545 g/mol. The lowest BCUT2D eigenvalue weighted by molar-refractivity contribution is 0.0693. The van der Waals surface area contributed by atoms with Gasteiger partial charge in [-0.1, -0.05) is 36.4 Å². The van der Waals surface area contributed by atoms with E-state index in [0.717, 1.165) is 54.2 Å². The minimum atomic E-state index is -1.11. The number of para-hydroxylation sites is 1. The van der Waals surface area contributed by atoms with Crippen LogP contribution in [0.15, 0.2) is 60.8 Å². The van der Waals surface area contributed by atoms with Crippen LogP contribution in [0.3, 0.4) is 0 Å². The Labute approximate surface area is 232 Å². The van der Waals surface area contributed by atoms with Crippen molar-refractivity contribution in [1.29, 1.82) is 0 Å². The second kappa shape index (κ2) is 11.9. The van der Waals surface area contributed by atoms with E-state index in [-0.39, 0.29) is 11.4 Å². The molecule has 2 aromatic heterocycles. The van der Waals surface area contributed by atoms with E-state index in [2.05, 4.69) is 34.5 Å². The van der Waals surface area contributed by atoms with E-state index in [0.29, 0.717) is 18.1 Å². The number of hydrogen-bond donors (Lipinski definition) is 1. The van der Waals surface area contributed by atoms with Crippen LogP contribution in [0.1, 0.15) is 32.6 Å². The maximum absolute atomic E-state index is 11.5. The second-order valence-electron chi connectivity index (χ2n) is 9.53. The average Bonchev–Trinajstić information content (AvgIpc) is 3.40. The number of carboxylic acids is 1. The van der Waals surface area contributed by atoms with Gasteiger partial charge in [-0.05, 0) is 60.1 Å². The van der Waals surface area contributed by atoms with Crippen molar-refractivity contribution in [1.82, 2.24) is 19.7 Å². The summed E-state index contributed by atoms with van der Waals surface area (Å²) >= 11 is 1.89. The molecule has 1 aliphatic heterocycles. The maximum atomic E-state index is 11.5. The lowest BCUT2D eigenvalue weighted by Gasteiger charge is -2.28. The summed E-state index contributed by atoms with van der Waals surface area (Å²) in [5.41, 5.74) is 6.48. The fourth-order valence-corrected chi connectivity index (χ4v) is 5.34. The Morgan fingerprint density at radius 3 is 2.77 bits per heavy atom. The summed E-state index contributed by atoms with van der Waals surface area (Å²) in [5.74, 6) is 1.38. The number of rotatable bonds is 10. The minimum Gasteiger partial charge on any atom is -0.488 e. The summed E-state index contributed by atoms with van der Waals surface area (Å²) in [6, 6.07) is 18.2. The number of benzene rings is 2. The number of aryl methyl sites for hydroxylation is 1. The molecular formula is C30H32N4O4S. The molecule has 8 nitrogen and oxygen atoms in total. The molecule has 9 heteroatoms. The highest BCUT2D eigenvalue weighted by molar-refractivity contribution is 7.98. The molecule has 0 atom stereocenters. The monoisotopic (exact) mass is 544 g/mol. The van der Waals surface area contributed by atoms with Gasteiger partial charge in [-0.2, -0.15) is 21.5 Å². The Kier molecular flexibility index (Phi) is 8.18. The molecule has 0 aliphatic carbocycles. The van der Waals surface area contributed by atoms with Crippen molar-refractivity contribution in [2.24, 2.45) is 0 Å². The highest BCUT2D eigenvalue weighted by atomic mass is 32.2. The maximum Gasteiger partial charge on any atom is 0.342 e. The second-order valence-corrected chi connectivity index (χ2v) is 10.5. The van der Waals surface area contributed by atoms with Gasteiger partial charge in [0.1, 0.15) is 17.9 Å². The molecule has 1 aliphatic rings. The first-order valence-electron chi connectivity index (χ1n) is 12.9. The molecule has 0 saturated heterocycles. The van der Waals surface area contributed by atoms with E-state index in [1.54, 1.807) is 6.07 Å². The number of fused-ring (bicyclic) bond motifs is 1. The summed E-state index contributed by atoms with van der Waals surface area (Å²) < 4.78 is 13.1. The van der Waals surface area contributed by atoms with Crippen LogP contribution < -0.4 is 9.47 Å². The third-order valence-corrected chi connectivity index (χ3v) is 7.54. The van der Waals surface area contributed by atoms with Gasteiger partial charge < -0.3 is 14.6 Å². The fraction of sp³-hybridized carbons (Fsp3) is 0.300. The molecular weight excluding hydrogens is 512 g/mol. The third-order valence-electron chi connectivity index (χ3n) is 6.94. The predicted octanol–water partition coefficient (Wildman–Crippen LogP) is 5.25. The molecule has 2 aromatic carbocycles. The van der Waals surface area contributed by atoms with Crippen molar-refractivity contribution in [3.8, 4) is 28.7 Å². The van der Waals surface area contributed by atoms with E-state index in [1.807, 2.05) is 49.0 Å². The summed E-state index contributed by atoms with van der Waals surface area (Å²) in [7, 11) is 1.42. The molecule has 0 unspecified atom stereocenters. The number of hydrogen-bond acceptors (Lipinski definition) is 7. The van der Waals surface area contributed by atoms with E-state index >= 15 is 0 Å². The van der Waals surface area contributed by atoms with E-state index in [1.165, 1.54) is 29.1 Å². The van der Waals surface area contributed by atoms with Crippen molar-refractivity contribution in [2.45, 2.75) is 26.5 Å². The summed E-state index contributed by atoms with van der Waals surface area (Å²) in [6.45, 7) is 5.71. The molecule has 0 radical (unpaired) electrons. The first kappa shape index (κ1) is 26.8. The van der Waals surface area contributed by atoms with Gasteiger partial charge in [0.2, 0.25) is 5.88 Å². The largest absolute Gasteiger partial charge is 0.488 e. The van der Waals surface area contributed by atoms with E-state index < -0.39 is 5.97 Å². The van der Waals surface area contributed by atoms with Crippen LogP contribution >= 0.6 is 11.8 Å². The predicted molar refractivity (Wildman–Crippen MR) is 153 cm³/mol. The fourth-order valence-electron chi connectivity index (χ4n) is 4.90. The number of aromatic nitrogens is 3. The number of thioether (sulfide) groups is 1. The summed E-state index contributed by atoms with van der Waals surface area (Å²) in [5, 5.41) is 13.6. The molecule has 39 heavy (non-hydrogen) atoms. The minimum absolute atomic E-state index is 0.0259. The number of carbonyl (C=O) groups is 1. The highest BCUT2D eigenvalue weighted by Gasteiger charge is 2.20. The van der Waals surface area contributed by atoms with E-state index in [4.69, 9.17) is 14.5 Å².